The molecule has 1 aliphatic rings. The van der Waals surface area contributed by atoms with Crippen LogP contribution in [0.3, 0.4) is 0 Å². The lowest BCUT2D eigenvalue weighted by molar-refractivity contribution is -0.134. The maximum atomic E-state index is 13.0. The van der Waals surface area contributed by atoms with E-state index in [4.69, 9.17) is 0 Å². The summed E-state index contributed by atoms with van der Waals surface area (Å²) in [6, 6.07) is 8.82. The number of nitrogens with zero attached hydrogens (tertiary/aromatic N) is 3. The lowest BCUT2D eigenvalue weighted by Gasteiger charge is -2.36. The van der Waals surface area contributed by atoms with Crippen molar-refractivity contribution in [2.24, 2.45) is 7.05 Å². The van der Waals surface area contributed by atoms with Crippen molar-refractivity contribution < 1.29 is 4.79 Å². The van der Waals surface area contributed by atoms with Crippen molar-refractivity contribution in [2.75, 3.05) is 19.6 Å². The first-order valence-electron chi connectivity index (χ1n) is 9.59. The van der Waals surface area contributed by atoms with Crippen LogP contribution >= 0.6 is 24.8 Å². The molecule has 1 fully saturated rings. The van der Waals surface area contributed by atoms with Crippen LogP contribution in [0.5, 0.6) is 0 Å². The Labute approximate surface area is 180 Å². The van der Waals surface area contributed by atoms with Crippen LogP contribution < -0.4 is 5.32 Å². The molecule has 0 aliphatic carbocycles. The Morgan fingerprint density at radius 3 is 2.46 bits per heavy atom. The van der Waals surface area contributed by atoms with Crippen molar-refractivity contribution >= 4 is 30.7 Å². The topological polar surface area (TPSA) is 50.2 Å². The van der Waals surface area contributed by atoms with Gasteiger partial charge in [0, 0.05) is 38.8 Å². The predicted octanol–water partition coefficient (Wildman–Crippen LogP) is 3.55. The first-order valence-corrected chi connectivity index (χ1v) is 9.59. The number of carbonyl (C=O) groups excluding carboxylic acids is 1. The molecular weight excluding hydrogens is 395 g/mol. The summed E-state index contributed by atoms with van der Waals surface area (Å²) < 4.78 is 1.90. The number of piperazine rings is 1. The highest BCUT2D eigenvalue weighted by Crippen LogP contribution is 2.24. The molecule has 1 N–H and O–H groups in total. The third kappa shape index (κ3) is 5.28. The van der Waals surface area contributed by atoms with E-state index in [2.05, 4.69) is 53.4 Å². The molecule has 156 valence electrons. The van der Waals surface area contributed by atoms with Crippen LogP contribution in [0.1, 0.15) is 47.5 Å². The second kappa shape index (κ2) is 10.8. The number of amides is 1. The van der Waals surface area contributed by atoms with E-state index in [1.807, 2.05) is 18.7 Å². The Morgan fingerprint density at radius 2 is 1.89 bits per heavy atom. The quantitative estimate of drug-likeness (QED) is 0.794. The molecule has 0 bridgehead atoms. The zero-order valence-electron chi connectivity index (χ0n) is 17.2. The molecule has 7 heteroatoms. The van der Waals surface area contributed by atoms with Gasteiger partial charge < -0.3 is 10.2 Å². The second-order valence-corrected chi connectivity index (χ2v) is 7.18. The Balaban J connectivity index is 0.00000196. The van der Waals surface area contributed by atoms with Gasteiger partial charge in [0.25, 0.3) is 0 Å². The number of benzene rings is 1. The highest BCUT2D eigenvalue weighted by atomic mass is 35.5. The molecule has 3 rings (SSSR count). The normalized spacial score (nSPS) is 16.3. The Kier molecular flexibility index (Phi) is 9.48. The lowest BCUT2D eigenvalue weighted by Crippen LogP contribution is -2.48. The third-order valence-corrected chi connectivity index (χ3v) is 5.58. The van der Waals surface area contributed by atoms with Gasteiger partial charge in [-0.25, -0.2) is 0 Å². The van der Waals surface area contributed by atoms with Gasteiger partial charge in [-0.2, -0.15) is 5.10 Å². The minimum atomic E-state index is 0. The highest BCUT2D eigenvalue weighted by molar-refractivity contribution is 5.85. The molecule has 1 amide bonds. The van der Waals surface area contributed by atoms with Crippen molar-refractivity contribution in [3.05, 3.63) is 52.3 Å². The van der Waals surface area contributed by atoms with Crippen LogP contribution in [0.15, 0.2) is 24.3 Å². The molecule has 1 aromatic carbocycles. The zero-order valence-corrected chi connectivity index (χ0v) is 18.8. The molecule has 28 heavy (non-hydrogen) atoms. The van der Waals surface area contributed by atoms with E-state index in [1.54, 1.807) is 0 Å². The maximum absolute atomic E-state index is 13.0. The minimum absolute atomic E-state index is 0. The molecule has 0 radical (unpaired) electrons. The van der Waals surface area contributed by atoms with Gasteiger partial charge in [0.2, 0.25) is 5.91 Å². The van der Waals surface area contributed by atoms with Crippen LogP contribution in [0.4, 0.5) is 0 Å². The Morgan fingerprint density at radius 1 is 1.21 bits per heavy atom. The Hall–Kier alpha value is -1.56. The number of hydrogen-bond acceptors (Lipinski definition) is 3. The smallest absolute Gasteiger partial charge is 0.223 e. The summed E-state index contributed by atoms with van der Waals surface area (Å²) >= 11 is 0. The largest absolute Gasteiger partial charge is 0.333 e. The number of hydrogen-bond donors (Lipinski definition) is 1. The van der Waals surface area contributed by atoms with E-state index in [0.717, 1.165) is 43.9 Å². The van der Waals surface area contributed by atoms with E-state index >= 15 is 0 Å². The van der Waals surface area contributed by atoms with Gasteiger partial charge in [-0.05, 0) is 43.4 Å². The molecule has 1 aromatic heterocycles. The van der Waals surface area contributed by atoms with Crippen LogP contribution in [0.2, 0.25) is 0 Å². The fourth-order valence-corrected chi connectivity index (χ4v) is 3.83. The zero-order chi connectivity index (χ0) is 18.7. The Bertz CT molecular complexity index is 773. The summed E-state index contributed by atoms with van der Waals surface area (Å²) in [5, 5.41) is 7.90. The summed E-state index contributed by atoms with van der Waals surface area (Å²) in [4.78, 5) is 15.0. The van der Waals surface area contributed by atoms with Crippen molar-refractivity contribution in [3.8, 4) is 0 Å². The number of halogens is 2. The van der Waals surface area contributed by atoms with Gasteiger partial charge in [0.15, 0.2) is 0 Å². The first-order chi connectivity index (χ1) is 12.5. The second-order valence-electron chi connectivity index (χ2n) is 7.18. The average molecular weight is 427 g/mol. The van der Waals surface area contributed by atoms with Crippen molar-refractivity contribution in [1.29, 1.82) is 0 Å². The summed E-state index contributed by atoms with van der Waals surface area (Å²) in [5.74, 6) is 0.235. The monoisotopic (exact) mass is 426 g/mol. The molecule has 2 aromatic rings. The van der Waals surface area contributed by atoms with Gasteiger partial charge in [0.1, 0.15) is 0 Å². The van der Waals surface area contributed by atoms with Gasteiger partial charge in [-0.15, -0.1) is 24.8 Å². The molecule has 1 saturated heterocycles. The summed E-state index contributed by atoms with van der Waals surface area (Å²) in [5.41, 5.74) is 5.95. The summed E-state index contributed by atoms with van der Waals surface area (Å²) in [7, 11) is 1.96. The molecular formula is C21H32Cl2N4O. The van der Waals surface area contributed by atoms with Gasteiger partial charge in [-0.1, -0.05) is 31.2 Å². The van der Waals surface area contributed by atoms with Crippen molar-refractivity contribution in [2.45, 2.75) is 46.1 Å². The predicted molar refractivity (Wildman–Crippen MR) is 119 cm³/mol. The highest BCUT2D eigenvalue weighted by Gasteiger charge is 2.27. The van der Waals surface area contributed by atoms with Crippen LogP contribution in [-0.4, -0.2) is 40.2 Å². The fraction of sp³-hybridized carbons (Fsp3) is 0.524. The van der Waals surface area contributed by atoms with Crippen LogP contribution in [0.25, 0.3) is 0 Å². The fourth-order valence-electron chi connectivity index (χ4n) is 3.83. The first kappa shape index (κ1) is 24.5. The van der Waals surface area contributed by atoms with E-state index in [9.17, 15) is 4.79 Å². The van der Waals surface area contributed by atoms with E-state index in [1.165, 1.54) is 16.7 Å². The molecule has 0 saturated carbocycles. The number of rotatable bonds is 5. The van der Waals surface area contributed by atoms with Crippen LogP contribution in [-0.2, 0) is 24.7 Å². The average Bonchev–Trinajstić information content (AvgIpc) is 2.91. The maximum Gasteiger partial charge on any atom is 0.223 e. The molecule has 1 atom stereocenters. The minimum Gasteiger partial charge on any atom is -0.333 e. The summed E-state index contributed by atoms with van der Waals surface area (Å²) in [6.45, 7) is 8.71. The van der Waals surface area contributed by atoms with E-state index < -0.39 is 0 Å². The van der Waals surface area contributed by atoms with Crippen molar-refractivity contribution in [1.82, 2.24) is 20.0 Å². The number of aryl methyl sites for hydroxylation is 3. The standard InChI is InChI=1S/C21H30N4O.2ClH/c1-5-17-6-8-18(9-7-17)20-14-22-12-13-25(20)21(26)11-10-19-15(2)23-24(4)16(19)3;;/h6-9,20,22H,5,10-14H2,1-4H3;2*1H. The SMILES string of the molecule is CCc1ccc(C2CNCCN2C(=O)CCc2c(C)nn(C)c2C)cc1.Cl.Cl. The molecule has 1 unspecified atom stereocenters. The van der Waals surface area contributed by atoms with Gasteiger partial charge in [-0.3, -0.25) is 9.48 Å². The lowest BCUT2D eigenvalue weighted by atomic mass is 10.00. The molecule has 1 aliphatic heterocycles. The number of carbonyl (C=O) groups is 1. The molecule has 0 spiro atoms. The number of nitrogens with one attached hydrogen (secondary N) is 1. The summed E-state index contributed by atoms with van der Waals surface area (Å²) in [6.07, 6.45) is 2.34. The van der Waals surface area contributed by atoms with Crippen LogP contribution in [0, 0.1) is 13.8 Å². The molecule has 2 heterocycles. The van der Waals surface area contributed by atoms with E-state index in [-0.39, 0.29) is 36.8 Å². The number of aromatic nitrogens is 2. The molecule has 5 nitrogen and oxygen atoms in total. The van der Waals surface area contributed by atoms with Gasteiger partial charge >= 0.3 is 0 Å². The van der Waals surface area contributed by atoms with Crippen molar-refractivity contribution in [3.63, 3.8) is 0 Å². The van der Waals surface area contributed by atoms with Gasteiger partial charge in [0.05, 0.1) is 11.7 Å². The third-order valence-electron chi connectivity index (χ3n) is 5.58. The van der Waals surface area contributed by atoms with E-state index in [0.29, 0.717) is 6.42 Å².